The summed E-state index contributed by atoms with van der Waals surface area (Å²) in [5, 5.41) is 0.912. The Morgan fingerprint density at radius 3 is 2.65 bits per heavy atom. The fourth-order valence-corrected chi connectivity index (χ4v) is 2.81. The van der Waals surface area contributed by atoms with Gasteiger partial charge in [0, 0.05) is 22.8 Å². The first-order chi connectivity index (χ1) is 9.54. The van der Waals surface area contributed by atoms with Gasteiger partial charge in [-0.05, 0) is 35.9 Å². The maximum Gasteiger partial charge on any atom is 0.264 e. The van der Waals surface area contributed by atoms with Crippen LogP contribution in [0, 0.1) is 0 Å². The molecule has 0 spiro atoms. The summed E-state index contributed by atoms with van der Waals surface area (Å²) < 4.78 is 26.8. The van der Waals surface area contributed by atoms with Crippen LogP contribution in [0.15, 0.2) is 47.8 Å². The molecule has 0 aliphatic heterocycles. The molecule has 102 valence electrons. The Bertz CT molecular complexity index is 859. The molecule has 0 saturated heterocycles. The minimum absolute atomic E-state index is 0.00214. The highest BCUT2D eigenvalue weighted by molar-refractivity contribution is 7.92. The van der Waals surface area contributed by atoms with E-state index >= 15 is 0 Å². The van der Waals surface area contributed by atoms with E-state index in [9.17, 15) is 8.42 Å². The lowest BCUT2D eigenvalue weighted by molar-refractivity contribution is 0.600. The number of aromatic nitrogens is 3. The average Bonchev–Trinajstić information content (AvgIpc) is 2.86. The fourth-order valence-electron chi connectivity index (χ4n) is 1.77. The number of fused-ring (bicyclic) bond motifs is 1. The van der Waals surface area contributed by atoms with E-state index in [1.54, 1.807) is 24.4 Å². The monoisotopic (exact) mass is 308 g/mol. The highest BCUT2D eigenvalue weighted by atomic mass is 35.5. The molecule has 2 N–H and O–H groups in total. The van der Waals surface area contributed by atoms with Gasteiger partial charge in [0.15, 0.2) is 0 Å². The lowest BCUT2D eigenvalue weighted by Crippen LogP contribution is -2.13. The molecule has 0 radical (unpaired) electrons. The van der Waals surface area contributed by atoms with Crippen molar-refractivity contribution in [2.45, 2.75) is 4.90 Å². The Labute approximate surface area is 119 Å². The topological polar surface area (TPSA) is 87.7 Å². The minimum Gasteiger partial charge on any atom is -0.361 e. The SMILES string of the molecule is O=S(=O)(Nc1ccc2[nH]ccc2c1)c1cnc(Cl)nc1. The molecule has 2 aromatic heterocycles. The zero-order valence-electron chi connectivity index (χ0n) is 10.0. The van der Waals surface area contributed by atoms with E-state index < -0.39 is 10.0 Å². The molecule has 2 heterocycles. The Hall–Kier alpha value is -2.12. The van der Waals surface area contributed by atoms with E-state index in [1.165, 1.54) is 0 Å². The molecule has 8 heteroatoms. The normalized spacial score (nSPS) is 11.7. The van der Waals surface area contributed by atoms with Crippen LogP contribution in [0.5, 0.6) is 0 Å². The van der Waals surface area contributed by atoms with Crippen LogP contribution in [-0.4, -0.2) is 23.4 Å². The molecule has 0 unspecified atom stereocenters. The van der Waals surface area contributed by atoms with E-state index in [2.05, 4.69) is 19.7 Å². The van der Waals surface area contributed by atoms with Gasteiger partial charge in [-0.15, -0.1) is 0 Å². The van der Waals surface area contributed by atoms with Gasteiger partial charge in [-0.1, -0.05) is 0 Å². The first-order valence-corrected chi connectivity index (χ1v) is 7.48. The third-order valence-corrected chi connectivity index (χ3v) is 4.24. The third-order valence-electron chi connectivity index (χ3n) is 2.71. The number of benzene rings is 1. The predicted molar refractivity (Wildman–Crippen MR) is 76.1 cm³/mol. The van der Waals surface area contributed by atoms with Crippen molar-refractivity contribution in [3.05, 3.63) is 48.1 Å². The van der Waals surface area contributed by atoms with Crippen LogP contribution in [-0.2, 0) is 10.0 Å². The van der Waals surface area contributed by atoms with Crippen molar-refractivity contribution in [2.24, 2.45) is 0 Å². The largest absolute Gasteiger partial charge is 0.361 e. The molecule has 20 heavy (non-hydrogen) atoms. The van der Waals surface area contributed by atoms with E-state index in [0.29, 0.717) is 5.69 Å². The smallest absolute Gasteiger partial charge is 0.264 e. The number of anilines is 1. The summed E-state index contributed by atoms with van der Waals surface area (Å²) in [5.74, 6) is 0. The third kappa shape index (κ3) is 2.45. The van der Waals surface area contributed by atoms with E-state index in [1.807, 2.05) is 6.07 Å². The van der Waals surface area contributed by atoms with Gasteiger partial charge < -0.3 is 4.98 Å². The Balaban J connectivity index is 1.94. The van der Waals surface area contributed by atoms with E-state index in [-0.39, 0.29) is 10.2 Å². The van der Waals surface area contributed by atoms with Crippen molar-refractivity contribution >= 4 is 38.2 Å². The fraction of sp³-hybridized carbons (Fsp3) is 0. The second-order valence-corrected chi connectivity index (χ2v) is 6.09. The molecule has 0 aliphatic rings. The number of hydrogen-bond donors (Lipinski definition) is 2. The summed E-state index contributed by atoms with van der Waals surface area (Å²) in [4.78, 5) is 10.3. The molecule has 3 aromatic rings. The van der Waals surface area contributed by atoms with Gasteiger partial charge in [-0.25, -0.2) is 18.4 Å². The lowest BCUT2D eigenvalue weighted by Gasteiger charge is -2.07. The van der Waals surface area contributed by atoms with Crippen LogP contribution >= 0.6 is 11.6 Å². The van der Waals surface area contributed by atoms with Gasteiger partial charge in [-0.3, -0.25) is 4.72 Å². The maximum absolute atomic E-state index is 12.1. The molecule has 0 fully saturated rings. The van der Waals surface area contributed by atoms with Gasteiger partial charge in [-0.2, -0.15) is 0 Å². The number of sulfonamides is 1. The van der Waals surface area contributed by atoms with Crippen molar-refractivity contribution in [1.82, 2.24) is 15.0 Å². The van der Waals surface area contributed by atoms with Crippen molar-refractivity contribution in [2.75, 3.05) is 4.72 Å². The first kappa shape index (κ1) is 12.9. The zero-order valence-corrected chi connectivity index (χ0v) is 11.6. The lowest BCUT2D eigenvalue weighted by atomic mass is 10.2. The molecule has 3 rings (SSSR count). The number of H-pyrrole nitrogens is 1. The predicted octanol–water partition coefficient (Wildman–Crippen LogP) is 2.41. The van der Waals surface area contributed by atoms with Gasteiger partial charge in [0.05, 0.1) is 12.4 Å². The van der Waals surface area contributed by atoms with Gasteiger partial charge >= 0.3 is 0 Å². The number of nitrogens with zero attached hydrogens (tertiary/aromatic N) is 2. The highest BCUT2D eigenvalue weighted by Crippen LogP contribution is 2.20. The van der Waals surface area contributed by atoms with Crippen molar-refractivity contribution in [1.29, 1.82) is 0 Å². The molecule has 1 aromatic carbocycles. The summed E-state index contributed by atoms with van der Waals surface area (Å²) in [6.07, 6.45) is 4.11. The van der Waals surface area contributed by atoms with Crippen LogP contribution in [0.3, 0.4) is 0 Å². The van der Waals surface area contributed by atoms with Crippen LogP contribution in [0.25, 0.3) is 10.9 Å². The quantitative estimate of drug-likeness (QED) is 0.727. The van der Waals surface area contributed by atoms with Gasteiger partial charge in [0.2, 0.25) is 5.28 Å². The molecule has 0 aliphatic carbocycles. The van der Waals surface area contributed by atoms with E-state index in [4.69, 9.17) is 11.6 Å². The summed E-state index contributed by atoms with van der Waals surface area (Å²) in [6.45, 7) is 0. The number of nitrogens with one attached hydrogen (secondary N) is 2. The van der Waals surface area contributed by atoms with Crippen molar-refractivity contribution in [3.8, 4) is 0 Å². The molecular weight excluding hydrogens is 300 g/mol. The van der Waals surface area contributed by atoms with Gasteiger partial charge in [0.1, 0.15) is 4.90 Å². The number of halogens is 1. The average molecular weight is 309 g/mol. The molecule has 0 amide bonds. The van der Waals surface area contributed by atoms with Crippen LogP contribution in [0.2, 0.25) is 5.28 Å². The van der Waals surface area contributed by atoms with E-state index in [0.717, 1.165) is 23.3 Å². The van der Waals surface area contributed by atoms with Crippen LogP contribution < -0.4 is 4.72 Å². The Morgan fingerprint density at radius 2 is 1.90 bits per heavy atom. The summed E-state index contributed by atoms with van der Waals surface area (Å²) >= 11 is 5.53. The second kappa shape index (κ2) is 4.77. The highest BCUT2D eigenvalue weighted by Gasteiger charge is 2.15. The molecule has 0 saturated carbocycles. The summed E-state index contributed by atoms with van der Waals surface area (Å²) in [5.41, 5.74) is 1.40. The Kier molecular flexibility index (Phi) is 3.07. The van der Waals surface area contributed by atoms with Crippen molar-refractivity contribution < 1.29 is 8.42 Å². The van der Waals surface area contributed by atoms with Crippen molar-refractivity contribution in [3.63, 3.8) is 0 Å². The zero-order chi connectivity index (χ0) is 14.2. The van der Waals surface area contributed by atoms with Crippen LogP contribution in [0.4, 0.5) is 5.69 Å². The molecular formula is C12H9ClN4O2S. The van der Waals surface area contributed by atoms with Crippen LogP contribution in [0.1, 0.15) is 0 Å². The number of rotatable bonds is 3. The Morgan fingerprint density at radius 1 is 1.15 bits per heavy atom. The number of aromatic amines is 1. The minimum atomic E-state index is -3.73. The molecule has 6 nitrogen and oxygen atoms in total. The second-order valence-electron chi connectivity index (χ2n) is 4.07. The maximum atomic E-state index is 12.1. The van der Waals surface area contributed by atoms with Gasteiger partial charge in [0.25, 0.3) is 10.0 Å². The molecule has 0 atom stereocenters. The first-order valence-electron chi connectivity index (χ1n) is 5.62. The standard InChI is InChI=1S/C12H9ClN4O2S/c13-12-15-6-10(7-16-12)20(18,19)17-9-1-2-11-8(5-9)3-4-14-11/h1-7,14,17H. The number of hydrogen-bond acceptors (Lipinski definition) is 4. The summed E-state index contributed by atoms with van der Waals surface area (Å²) in [6, 6.07) is 7.07. The molecule has 0 bridgehead atoms. The summed E-state index contributed by atoms with van der Waals surface area (Å²) in [7, 11) is -3.73.